The zero-order valence-electron chi connectivity index (χ0n) is 13.5. The lowest BCUT2D eigenvalue weighted by Gasteiger charge is -2.35. The molecule has 23 heavy (non-hydrogen) atoms. The van der Waals surface area contributed by atoms with Gasteiger partial charge in [0.1, 0.15) is 0 Å². The van der Waals surface area contributed by atoms with Crippen LogP contribution in [0.3, 0.4) is 0 Å². The number of piperidine rings is 1. The molecule has 1 aromatic rings. The maximum absolute atomic E-state index is 12.4. The molecule has 3 rings (SSSR count). The topological polar surface area (TPSA) is 61.8 Å². The van der Waals surface area contributed by atoms with Crippen molar-refractivity contribution in [3.8, 4) is 0 Å². The van der Waals surface area contributed by atoms with Crippen LogP contribution in [0.4, 0.5) is 0 Å². The van der Waals surface area contributed by atoms with Crippen LogP contribution < -0.4 is 5.32 Å². The van der Waals surface area contributed by atoms with Crippen molar-refractivity contribution in [3.05, 3.63) is 35.9 Å². The number of morpholine rings is 1. The maximum atomic E-state index is 12.4. The van der Waals surface area contributed by atoms with Gasteiger partial charge in [-0.2, -0.15) is 0 Å². The average Bonchev–Trinajstić information content (AvgIpc) is 2.63. The first-order chi connectivity index (χ1) is 11.2. The molecule has 1 amide bonds. The Balaban J connectivity index is 1.47. The van der Waals surface area contributed by atoms with Gasteiger partial charge in [-0.25, -0.2) is 0 Å². The second kappa shape index (κ2) is 7.90. The highest BCUT2D eigenvalue weighted by Crippen LogP contribution is 2.30. The van der Waals surface area contributed by atoms with E-state index in [1.54, 1.807) is 0 Å². The first kappa shape index (κ1) is 16.4. The molecule has 2 atom stereocenters. The van der Waals surface area contributed by atoms with Crippen LogP contribution in [-0.2, 0) is 9.53 Å². The number of likely N-dealkylation sites (tertiary alicyclic amines) is 1. The molecule has 2 unspecified atom stereocenters. The summed E-state index contributed by atoms with van der Waals surface area (Å²) in [5, 5.41) is 13.8. The minimum absolute atomic E-state index is 0.00359. The highest BCUT2D eigenvalue weighted by Gasteiger charge is 2.29. The number of rotatable bonds is 4. The van der Waals surface area contributed by atoms with Gasteiger partial charge >= 0.3 is 0 Å². The van der Waals surface area contributed by atoms with Gasteiger partial charge in [0.05, 0.1) is 25.2 Å². The molecular formula is C18H26N2O3. The first-order valence-electron chi connectivity index (χ1n) is 8.57. The van der Waals surface area contributed by atoms with E-state index in [1.165, 1.54) is 0 Å². The number of nitrogens with one attached hydrogen (secondary N) is 1. The van der Waals surface area contributed by atoms with Gasteiger partial charge in [0.15, 0.2) is 0 Å². The van der Waals surface area contributed by atoms with E-state index in [0.29, 0.717) is 13.0 Å². The van der Waals surface area contributed by atoms with Crippen LogP contribution in [0, 0.1) is 5.92 Å². The molecule has 2 N–H and O–H groups in total. The molecule has 5 nitrogen and oxygen atoms in total. The molecule has 5 heteroatoms. The molecule has 0 spiro atoms. The molecule has 0 aromatic heterocycles. The smallest absolute Gasteiger partial charge is 0.225 e. The van der Waals surface area contributed by atoms with Crippen LogP contribution in [0.1, 0.15) is 30.9 Å². The Labute approximate surface area is 137 Å². The number of hydrogen-bond donors (Lipinski definition) is 2. The monoisotopic (exact) mass is 318 g/mol. The number of nitrogens with zero attached hydrogens (tertiary/aromatic N) is 1. The summed E-state index contributed by atoms with van der Waals surface area (Å²) in [5.74, 6) is 0.403. The summed E-state index contributed by atoms with van der Waals surface area (Å²) in [5.41, 5.74) is 0.971. The van der Waals surface area contributed by atoms with Gasteiger partial charge in [-0.05, 0) is 24.3 Å². The van der Waals surface area contributed by atoms with Crippen LogP contribution in [0.5, 0.6) is 0 Å². The first-order valence-corrected chi connectivity index (χ1v) is 8.57. The molecule has 0 saturated carbocycles. The van der Waals surface area contributed by atoms with Crippen molar-refractivity contribution in [3.63, 3.8) is 0 Å². The zero-order chi connectivity index (χ0) is 16.1. The number of carbonyl (C=O) groups excluding carboxylic acids is 1. The van der Waals surface area contributed by atoms with Gasteiger partial charge in [-0.3, -0.25) is 4.79 Å². The lowest BCUT2D eigenvalue weighted by atomic mass is 9.87. The number of amides is 1. The Kier molecular flexibility index (Phi) is 5.65. The van der Waals surface area contributed by atoms with Gasteiger partial charge in [-0.1, -0.05) is 30.3 Å². The van der Waals surface area contributed by atoms with Crippen molar-refractivity contribution in [1.29, 1.82) is 0 Å². The number of hydrogen-bond acceptors (Lipinski definition) is 4. The van der Waals surface area contributed by atoms with Crippen LogP contribution in [0.15, 0.2) is 30.3 Å². The summed E-state index contributed by atoms with van der Waals surface area (Å²) in [4.78, 5) is 14.3. The summed E-state index contributed by atoms with van der Waals surface area (Å²) in [7, 11) is 0. The number of ether oxygens (including phenoxy) is 1. The van der Waals surface area contributed by atoms with E-state index in [2.05, 4.69) is 5.32 Å². The predicted octanol–water partition coefficient (Wildman–Crippen LogP) is 1.34. The maximum Gasteiger partial charge on any atom is 0.225 e. The number of aliphatic hydroxyl groups is 1. The van der Waals surface area contributed by atoms with E-state index in [0.717, 1.165) is 44.6 Å². The fraction of sp³-hybridized carbons (Fsp3) is 0.611. The van der Waals surface area contributed by atoms with Crippen LogP contribution in [0.25, 0.3) is 0 Å². The average molecular weight is 318 g/mol. The normalized spacial score (nSPS) is 24.4. The molecule has 2 heterocycles. The van der Waals surface area contributed by atoms with E-state index < -0.39 is 6.10 Å². The fourth-order valence-electron chi connectivity index (χ4n) is 3.46. The predicted molar refractivity (Wildman–Crippen MR) is 87.9 cm³/mol. The third-order valence-corrected chi connectivity index (χ3v) is 4.89. The third-order valence-electron chi connectivity index (χ3n) is 4.89. The van der Waals surface area contributed by atoms with Gasteiger partial charge in [-0.15, -0.1) is 0 Å². The van der Waals surface area contributed by atoms with Crippen molar-refractivity contribution in [2.24, 2.45) is 5.92 Å². The van der Waals surface area contributed by atoms with Crippen molar-refractivity contribution in [1.82, 2.24) is 10.2 Å². The Hall–Kier alpha value is -1.43. The van der Waals surface area contributed by atoms with E-state index in [1.807, 2.05) is 35.2 Å². The summed E-state index contributed by atoms with van der Waals surface area (Å²) in [6, 6.07) is 9.80. The van der Waals surface area contributed by atoms with Crippen molar-refractivity contribution in [2.45, 2.75) is 31.5 Å². The molecular weight excluding hydrogens is 292 g/mol. The molecule has 126 valence electrons. The van der Waals surface area contributed by atoms with Crippen LogP contribution >= 0.6 is 0 Å². The lowest BCUT2D eigenvalue weighted by Crippen LogP contribution is -2.45. The SMILES string of the molecule is O=C(CC1CNCCO1)N1CCC(C(O)c2ccccc2)CC1. The minimum Gasteiger partial charge on any atom is -0.388 e. The minimum atomic E-state index is -0.431. The van der Waals surface area contributed by atoms with Crippen molar-refractivity contribution < 1.29 is 14.6 Å². The second-order valence-corrected chi connectivity index (χ2v) is 6.47. The quantitative estimate of drug-likeness (QED) is 0.879. The third kappa shape index (κ3) is 4.31. The standard InChI is InChI=1S/C18H26N2O3/c21-17(12-16-13-19-8-11-23-16)20-9-6-15(7-10-20)18(22)14-4-2-1-3-5-14/h1-5,15-16,18-19,22H,6-13H2. The largest absolute Gasteiger partial charge is 0.388 e. The summed E-state index contributed by atoms with van der Waals surface area (Å²) in [6.45, 7) is 3.77. The molecule has 2 fully saturated rings. The van der Waals surface area contributed by atoms with E-state index in [9.17, 15) is 9.90 Å². The number of carbonyl (C=O) groups is 1. The lowest BCUT2D eigenvalue weighted by molar-refractivity contribution is -0.136. The van der Waals surface area contributed by atoms with Gasteiger partial charge in [0.2, 0.25) is 5.91 Å². The van der Waals surface area contributed by atoms with Crippen molar-refractivity contribution >= 4 is 5.91 Å². The molecule has 0 aliphatic carbocycles. The van der Waals surface area contributed by atoms with Gasteiger partial charge < -0.3 is 20.1 Å². The Morgan fingerprint density at radius 1 is 1.30 bits per heavy atom. The Morgan fingerprint density at radius 2 is 2.04 bits per heavy atom. The Bertz CT molecular complexity index is 494. The highest BCUT2D eigenvalue weighted by molar-refractivity contribution is 5.76. The van der Waals surface area contributed by atoms with Gasteiger partial charge in [0.25, 0.3) is 0 Å². The molecule has 2 aliphatic rings. The summed E-state index contributed by atoms with van der Waals surface area (Å²) in [6.07, 6.45) is 1.74. The number of benzene rings is 1. The van der Waals surface area contributed by atoms with Gasteiger partial charge in [0, 0.05) is 26.2 Å². The summed E-state index contributed by atoms with van der Waals surface area (Å²) < 4.78 is 5.61. The second-order valence-electron chi connectivity index (χ2n) is 6.47. The zero-order valence-corrected chi connectivity index (χ0v) is 13.5. The highest BCUT2D eigenvalue weighted by atomic mass is 16.5. The van der Waals surface area contributed by atoms with E-state index >= 15 is 0 Å². The van der Waals surface area contributed by atoms with Crippen LogP contribution in [-0.4, -0.2) is 54.8 Å². The summed E-state index contributed by atoms with van der Waals surface area (Å²) >= 11 is 0. The Morgan fingerprint density at radius 3 is 2.70 bits per heavy atom. The van der Waals surface area contributed by atoms with Crippen LogP contribution in [0.2, 0.25) is 0 Å². The van der Waals surface area contributed by atoms with E-state index in [4.69, 9.17) is 4.74 Å². The fourth-order valence-corrected chi connectivity index (χ4v) is 3.46. The molecule has 0 bridgehead atoms. The molecule has 2 aliphatic heterocycles. The molecule has 0 radical (unpaired) electrons. The number of aliphatic hydroxyl groups excluding tert-OH is 1. The molecule has 2 saturated heterocycles. The molecule has 1 aromatic carbocycles. The van der Waals surface area contributed by atoms with E-state index in [-0.39, 0.29) is 17.9 Å². The van der Waals surface area contributed by atoms with Crippen molar-refractivity contribution in [2.75, 3.05) is 32.8 Å².